The van der Waals surface area contributed by atoms with Gasteiger partial charge in [-0.2, -0.15) is 0 Å². The molecule has 6 nitrogen and oxygen atoms in total. The van der Waals surface area contributed by atoms with Gasteiger partial charge in [-0.3, -0.25) is 14.4 Å². The fourth-order valence-corrected chi connectivity index (χ4v) is 6.16. The molecule has 1 heterocycles. The molecule has 2 aliphatic rings. The molecule has 0 aromatic heterocycles. The molecule has 0 radical (unpaired) electrons. The number of amides is 3. The number of nitrogens with one attached hydrogen (secondary N) is 1. The first-order valence-corrected chi connectivity index (χ1v) is 14.4. The molecule has 1 fully saturated rings. The molecule has 0 bridgehead atoms. The Bertz CT molecular complexity index is 1350. The van der Waals surface area contributed by atoms with Crippen LogP contribution in [0.15, 0.2) is 65.1 Å². The van der Waals surface area contributed by atoms with Gasteiger partial charge in [0.15, 0.2) is 0 Å². The Morgan fingerprint density at radius 3 is 2.55 bits per heavy atom. The predicted octanol–water partition coefficient (Wildman–Crippen LogP) is 6.21. The van der Waals surface area contributed by atoms with Gasteiger partial charge in [0.1, 0.15) is 6.04 Å². The van der Waals surface area contributed by atoms with E-state index in [1.807, 2.05) is 67.6 Å². The topological polar surface area (TPSA) is 69.7 Å². The minimum Gasteiger partial charge on any atom is -0.352 e. The van der Waals surface area contributed by atoms with Crippen LogP contribution in [0, 0.1) is 0 Å². The smallest absolute Gasteiger partial charge is 0.258 e. The molecule has 3 aromatic rings. The molecule has 1 saturated carbocycles. The van der Waals surface area contributed by atoms with Crippen molar-refractivity contribution in [3.63, 3.8) is 0 Å². The average Bonchev–Trinajstić information content (AvgIpc) is 3.20. The predicted molar refractivity (Wildman–Crippen MR) is 154 cm³/mol. The molecule has 38 heavy (non-hydrogen) atoms. The van der Waals surface area contributed by atoms with Gasteiger partial charge >= 0.3 is 0 Å². The van der Waals surface area contributed by atoms with Crippen LogP contribution in [-0.2, 0) is 16.1 Å². The van der Waals surface area contributed by atoms with Crippen LogP contribution >= 0.6 is 15.9 Å². The minimum absolute atomic E-state index is 0.0181. The van der Waals surface area contributed by atoms with Crippen LogP contribution in [0.25, 0.3) is 10.8 Å². The number of halogens is 1. The fraction of sp³-hybridized carbons (Fsp3) is 0.387. The average molecular weight is 577 g/mol. The van der Waals surface area contributed by atoms with E-state index in [9.17, 15) is 14.4 Å². The summed E-state index contributed by atoms with van der Waals surface area (Å²) in [5.41, 5.74) is 2.58. The first-order valence-electron chi connectivity index (χ1n) is 13.6. The summed E-state index contributed by atoms with van der Waals surface area (Å²) in [6.07, 6.45) is 6.24. The summed E-state index contributed by atoms with van der Waals surface area (Å²) in [4.78, 5) is 43.4. The van der Waals surface area contributed by atoms with Crippen molar-refractivity contribution in [1.82, 2.24) is 10.2 Å². The van der Waals surface area contributed by atoms with Crippen LogP contribution in [0.4, 0.5) is 5.69 Å². The highest BCUT2D eigenvalue weighted by atomic mass is 79.9. The maximum atomic E-state index is 13.6. The van der Waals surface area contributed by atoms with E-state index in [1.54, 1.807) is 9.80 Å². The standard InChI is InChI=1S/C31H34BrN3O3/c1-21(30(37)33-25-13-3-2-4-14-25)35(20-22-9-5-12-24(32)19-22)28(36)17-8-18-34-27-16-7-11-23-10-6-15-26(29(23)27)31(34)38/h5-7,9-12,15-16,19,21,25H,2-4,8,13-14,17-18,20H2,1H3,(H,33,37). The molecule has 1 N–H and O–H groups in total. The van der Waals surface area contributed by atoms with Gasteiger partial charge in [-0.25, -0.2) is 0 Å². The number of carbonyl (C=O) groups is 3. The molecule has 3 aromatic carbocycles. The van der Waals surface area contributed by atoms with Gasteiger partial charge in [0, 0.05) is 41.0 Å². The highest BCUT2D eigenvalue weighted by molar-refractivity contribution is 9.10. The van der Waals surface area contributed by atoms with Crippen LogP contribution in [0.1, 0.15) is 67.8 Å². The van der Waals surface area contributed by atoms with Crippen molar-refractivity contribution in [1.29, 1.82) is 0 Å². The first-order chi connectivity index (χ1) is 18.4. The van der Waals surface area contributed by atoms with E-state index in [0.29, 0.717) is 25.1 Å². The maximum Gasteiger partial charge on any atom is 0.258 e. The molecule has 1 unspecified atom stereocenters. The SMILES string of the molecule is CC(C(=O)NC1CCCCC1)N(Cc1cccc(Br)c1)C(=O)CCCN1C(=O)c2cccc3cccc1c23. The van der Waals surface area contributed by atoms with E-state index >= 15 is 0 Å². The Kier molecular flexibility index (Phi) is 8.12. The molecule has 3 amide bonds. The van der Waals surface area contributed by atoms with Crippen molar-refractivity contribution in [3.8, 4) is 0 Å². The normalized spacial score (nSPS) is 16.1. The van der Waals surface area contributed by atoms with E-state index in [2.05, 4.69) is 21.2 Å². The second-order valence-electron chi connectivity index (χ2n) is 10.4. The van der Waals surface area contributed by atoms with Gasteiger partial charge < -0.3 is 15.1 Å². The zero-order valence-electron chi connectivity index (χ0n) is 21.8. The number of nitrogens with zero attached hydrogens (tertiary/aromatic N) is 2. The highest BCUT2D eigenvalue weighted by Gasteiger charge is 2.31. The Hall–Kier alpha value is -3.19. The van der Waals surface area contributed by atoms with Crippen molar-refractivity contribution < 1.29 is 14.4 Å². The van der Waals surface area contributed by atoms with E-state index in [-0.39, 0.29) is 30.2 Å². The van der Waals surface area contributed by atoms with Crippen molar-refractivity contribution >= 4 is 50.1 Å². The van der Waals surface area contributed by atoms with Gasteiger partial charge in [0.05, 0.1) is 5.69 Å². The number of rotatable bonds is 9. The molecule has 7 heteroatoms. The fourth-order valence-electron chi connectivity index (χ4n) is 5.72. The highest BCUT2D eigenvalue weighted by Crippen LogP contribution is 2.37. The van der Waals surface area contributed by atoms with Crippen LogP contribution in [0.5, 0.6) is 0 Å². The Morgan fingerprint density at radius 2 is 1.79 bits per heavy atom. The third kappa shape index (κ3) is 5.63. The number of anilines is 1. The second kappa shape index (κ2) is 11.7. The molecule has 0 spiro atoms. The van der Waals surface area contributed by atoms with Crippen molar-refractivity contribution in [2.24, 2.45) is 0 Å². The summed E-state index contributed by atoms with van der Waals surface area (Å²) in [5, 5.41) is 5.21. The summed E-state index contributed by atoms with van der Waals surface area (Å²) in [7, 11) is 0. The van der Waals surface area contributed by atoms with Gasteiger partial charge in [-0.15, -0.1) is 0 Å². The summed E-state index contributed by atoms with van der Waals surface area (Å²) in [6.45, 7) is 2.62. The number of benzene rings is 3. The van der Waals surface area contributed by atoms with Crippen molar-refractivity contribution in [3.05, 3.63) is 76.3 Å². The maximum absolute atomic E-state index is 13.6. The number of carbonyl (C=O) groups excluding carboxylic acids is 3. The molecule has 1 aliphatic heterocycles. The minimum atomic E-state index is -0.588. The second-order valence-corrected chi connectivity index (χ2v) is 11.3. The van der Waals surface area contributed by atoms with E-state index < -0.39 is 6.04 Å². The van der Waals surface area contributed by atoms with Crippen LogP contribution in [0.3, 0.4) is 0 Å². The zero-order chi connectivity index (χ0) is 26.6. The lowest BCUT2D eigenvalue weighted by atomic mass is 9.95. The molecule has 1 aliphatic carbocycles. The van der Waals surface area contributed by atoms with Gasteiger partial charge in [0.25, 0.3) is 5.91 Å². The molecular formula is C31H34BrN3O3. The molecule has 5 rings (SSSR count). The van der Waals surface area contributed by atoms with Crippen molar-refractivity contribution in [2.75, 3.05) is 11.4 Å². The van der Waals surface area contributed by atoms with Gasteiger partial charge in [0.2, 0.25) is 11.8 Å². The monoisotopic (exact) mass is 575 g/mol. The first kappa shape index (κ1) is 26.4. The molecule has 0 saturated heterocycles. The lowest BCUT2D eigenvalue weighted by molar-refractivity contribution is -0.141. The molecular weight excluding hydrogens is 542 g/mol. The van der Waals surface area contributed by atoms with E-state index in [4.69, 9.17) is 0 Å². The Balaban J connectivity index is 1.27. The summed E-state index contributed by atoms with van der Waals surface area (Å²) >= 11 is 3.51. The van der Waals surface area contributed by atoms with Crippen LogP contribution < -0.4 is 10.2 Å². The van der Waals surface area contributed by atoms with Crippen molar-refractivity contribution in [2.45, 2.75) is 70.5 Å². The van der Waals surface area contributed by atoms with E-state index in [0.717, 1.165) is 52.2 Å². The van der Waals surface area contributed by atoms with Gasteiger partial charge in [-0.05, 0) is 61.4 Å². The third-order valence-corrected chi connectivity index (χ3v) is 8.28. The lowest BCUT2D eigenvalue weighted by Crippen LogP contribution is -2.50. The lowest BCUT2D eigenvalue weighted by Gasteiger charge is -2.31. The molecule has 198 valence electrons. The largest absolute Gasteiger partial charge is 0.352 e. The summed E-state index contributed by atoms with van der Waals surface area (Å²) < 4.78 is 0.933. The Labute approximate surface area is 232 Å². The third-order valence-electron chi connectivity index (χ3n) is 7.78. The zero-order valence-corrected chi connectivity index (χ0v) is 23.4. The number of hydrogen-bond donors (Lipinski definition) is 1. The number of hydrogen-bond acceptors (Lipinski definition) is 3. The Morgan fingerprint density at radius 1 is 1.05 bits per heavy atom. The quantitative estimate of drug-likeness (QED) is 0.330. The summed E-state index contributed by atoms with van der Waals surface area (Å²) in [5.74, 6) is -0.203. The van der Waals surface area contributed by atoms with Crippen LogP contribution in [0.2, 0.25) is 0 Å². The molecule has 1 atom stereocenters. The van der Waals surface area contributed by atoms with Crippen LogP contribution in [-0.4, -0.2) is 41.2 Å². The van der Waals surface area contributed by atoms with Gasteiger partial charge in [-0.1, -0.05) is 71.6 Å². The van der Waals surface area contributed by atoms with E-state index in [1.165, 1.54) is 6.42 Å². The summed E-state index contributed by atoms with van der Waals surface area (Å²) in [6, 6.07) is 19.2.